The Morgan fingerprint density at radius 1 is 1.26 bits per heavy atom. The lowest BCUT2D eigenvalue weighted by atomic mass is 9.92. The zero-order valence-corrected chi connectivity index (χ0v) is 13.3. The van der Waals surface area contributed by atoms with Crippen LogP contribution in [0.25, 0.3) is 0 Å². The quantitative estimate of drug-likeness (QED) is 0.946. The molecule has 2 aromatic carbocycles. The van der Waals surface area contributed by atoms with Gasteiger partial charge in [0.2, 0.25) is 0 Å². The topological polar surface area (TPSA) is 41.9 Å². The molecule has 4 rings (SSSR count). The summed E-state index contributed by atoms with van der Waals surface area (Å²) in [5.41, 5.74) is 3.67. The highest BCUT2D eigenvalue weighted by molar-refractivity contribution is 5.42. The predicted molar refractivity (Wildman–Crippen MR) is 87.5 cm³/mol. The van der Waals surface area contributed by atoms with Gasteiger partial charge in [0.25, 0.3) is 0 Å². The molecule has 0 aliphatic carbocycles. The monoisotopic (exact) mass is 311 g/mol. The van der Waals surface area contributed by atoms with Crippen molar-refractivity contribution in [1.82, 2.24) is 4.90 Å². The highest BCUT2D eigenvalue weighted by Crippen LogP contribution is 2.43. The molecule has 0 saturated carbocycles. The first-order valence-electron chi connectivity index (χ1n) is 8.01. The number of nitrogens with zero attached hydrogens (tertiary/aromatic N) is 1. The molecule has 4 nitrogen and oxygen atoms in total. The average Bonchev–Trinajstić information content (AvgIpc) is 3.15. The van der Waals surface area contributed by atoms with Crippen molar-refractivity contribution in [3.63, 3.8) is 0 Å². The molecule has 1 atom stereocenters. The molecule has 1 fully saturated rings. The molecule has 2 aromatic rings. The summed E-state index contributed by atoms with van der Waals surface area (Å²) < 4.78 is 11.4. The molecule has 0 unspecified atom stereocenters. The molecule has 0 bridgehead atoms. The molecule has 2 heterocycles. The fourth-order valence-corrected chi connectivity index (χ4v) is 3.79. The summed E-state index contributed by atoms with van der Waals surface area (Å²) >= 11 is 0. The van der Waals surface area contributed by atoms with Crippen molar-refractivity contribution in [2.45, 2.75) is 25.2 Å². The van der Waals surface area contributed by atoms with E-state index in [1.54, 1.807) is 13.2 Å². The predicted octanol–water partition coefficient (Wildman–Crippen LogP) is 3.03. The summed E-state index contributed by atoms with van der Waals surface area (Å²) in [6.07, 6.45) is 1.03. The Bertz CT molecular complexity index is 730. The molecule has 0 radical (unpaired) electrons. The van der Waals surface area contributed by atoms with E-state index in [-0.39, 0.29) is 11.4 Å². The van der Waals surface area contributed by atoms with Crippen LogP contribution in [0.5, 0.6) is 11.5 Å². The summed E-state index contributed by atoms with van der Waals surface area (Å²) in [5.74, 6) is 0.709. The lowest BCUT2D eigenvalue weighted by molar-refractivity contribution is -0.0299. The number of methoxy groups -OCH3 is 1. The number of rotatable bonds is 3. The molecular weight excluding hydrogens is 290 g/mol. The van der Waals surface area contributed by atoms with Crippen LogP contribution in [0.15, 0.2) is 42.5 Å². The number of benzene rings is 2. The molecule has 0 aromatic heterocycles. The Morgan fingerprint density at radius 2 is 2.13 bits per heavy atom. The Labute approximate surface area is 136 Å². The van der Waals surface area contributed by atoms with Crippen molar-refractivity contribution in [2.75, 3.05) is 20.2 Å². The second kappa shape index (κ2) is 5.55. The van der Waals surface area contributed by atoms with Crippen LogP contribution in [0.4, 0.5) is 0 Å². The van der Waals surface area contributed by atoms with Gasteiger partial charge in [0.05, 0.1) is 13.7 Å². The first-order chi connectivity index (χ1) is 11.2. The molecule has 1 saturated heterocycles. The highest BCUT2D eigenvalue weighted by Gasteiger charge is 2.45. The summed E-state index contributed by atoms with van der Waals surface area (Å²) in [6.45, 7) is 3.48. The third-order valence-electron chi connectivity index (χ3n) is 4.97. The molecule has 120 valence electrons. The number of ether oxygens (including phenoxy) is 2. The summed E-state index contributed by atoms with van der Waals surface area (Å²) in [5, 5.41) is 9.71. The Hall–Kier alpha value is -2.04. The van der Waals surface area contributed by atoms with Crippen molar-refractivity contribution < 1.29 is 14.6 Å². The van der Waals surface area contributed by atoms with Gasteiger partial charge in [-0.25, -0.2) is 0 Å². The normalized spacial score (nSPS) is 23.3. The van der Waals surface area contributed by atoms with Crippen molar-refractivity contribution in [3.05, 3.63) is 59.2 Å². The third kappa shape index (κ3) is 2.48. The summed E-state index contributed by atoms with van der Waals surface area (Å²) in [7, 11) is 1.58. The van der Waals surface area contributed by atoms with Gasteiger partial charge in [-0.05, 0) is 35.2 Å². The fourth-order valence-electron chi connectivity index (χ4n) is 3.79. The highest BCUT2D eigenvalue weighted by atomic mass is 16.5. The van der Waals surface area contributed by atoms with Gasteiger partial charge in [0.1, 0.15) is 5.60 Å². The van der Waals surface area contributed by atoms with E-state index in [1.807, 2.05) is 12.1 Å². The minimum absolute atomic E-state index is 0.141. The van der Waals surface area contributed by atoms with Crippen LogP contribution in [-0.2, 0) is 23.5 Å². The molecule has 2 aliphatic heterocycles. The van der Waals surface area contributed by atoms with Crippen molar-refractivity contribution in [3.8, 4) is 11.5 Å². The largest absolute Gasteiger partial charge is 0.504 e. The van der Waals surface area contributed by atoms with Gasteiger partial charge in [-0.1, -0.05) is 30.3 Å². The maximum Gasteiger partial charge on any atom is 0.160 e. The van der Waals surface area contributed by atoms with E-state index in [2.05, 4.69) is 29.2 Å². The van der Waals surface area contributed by atoms with E-state index < -0.39 is 0 Å². The van der Waals surface area contributed by atoms with Crippen LogP contribution in [0.3, 0.4) is 0 Å². The zero-order valence-electron chi connectivity index (χ0n) is 13.3. The standard InChI is InChI=1S/C19H21NO3/c1-22-18-10-14(6-7-17(18)21)11-20-9-8-19(13-20)16-5-3-2-4-15(16)12-23-19/h2-7,10,21H,8-9,11-13H2,1H3/t19-/m1/s1. The Kier molecular flexibility index (Phi) is 3.51. The van der Waals surface area contributed by atoms with Gasteiger partial charge in [-0.2, -0.15) is 0 Å². The van der Waals surface area contributed by atoms with Crippen LogP contribution in [0, 0.1) is 0 Å². The fraction of sp³-hybridized carbons (Fsp3) is 0.368. The molecule has 1 N–H and O–H groups in total. The minimum atomic E-state index is -0.141. The average molecular weight is 311 g/mol. The first kappa shape index (κ1) is 14.5. The van der Waals surface area contributed by atoms with Gasteiger partial charge in [-0.15, -0.1) is 0 Å². The lowest BCUT2D eigenvalue weighted by Crippen LogP contribution is -2.30. The van der Waals surface area contributed by atoms with Gasteiger partial charge < -0.3 is 14.6 Å². The smallest absolute Gasteiger partial charge is 0.160 e. The van der Waals surface area contributed by atoms with Crippen molar-refractivity contribution in [1.29, 1.82) is 0 Å². The Morgan fingerprint density at radius 3 is 3.00 bits per heavy atom. The summed E-state index contributed by atoms with van der Waals surface area (Å²) in [4.78, 5) is 2.41. The number of phenols is 1. The van der Waals surface area contributed by atoms with E-state index in [4.69, 9.17) is 9.47 Å². The third-order valence-corrected chi connectivity index (χ3v) is 4.97. The maximum atomic E-state index is 9.71. The summed E-state index contributed by atoms with van der Waals surface area (Å²) in [6, 6.07) is 14.1. The van der Waals surface area contributed by atoms with Crippen LogP contribution in [-0.4, -0.2) is 30.2 Å². The van der Waals surface area contributed by atoms with Gasteiger partial charge in [0, 0.05) is 19.6 Å². The molecule has 23 heavy (non-hydrogen) atoms. The molecule has 0 amide bonds. The van der Waals surface area contributed by atoms with E-state index in [1.165, 1.54) is 11.1 Å². The van der Waals surface area contributed by atoms with Crippen LogP contribution in [0.1, 0.15) is 23.1 Å². The van der Waals surface area contributed by atoms with Crippen LogP contribution < -0.4 is 4.74 Å². The van der Waals surface area contributed by atoms with Gasteiger partial charge in [-0.3, -0.25) is 4.90 Å². The van der Waals surface area contributed by atoms with E-state index in [0.717, 1.165) is 38.2 Å². The van der Waals surface area contributed by atoms with E-state index >= 15 is 0 Å². The number of aromatic hydroxyl groups is 1. The Balaban J connectivity index is 1.52. The molecule has 4 heteroatoms. The zero-order chi connectivity index (χ0) is 15.9. The number of hydrogen-bond donors (Lipinski definition) is 1. The van der Waals surface area contributed by atoms with E-state index in [0.29, 0.717) is 5.75 Å². The van der Waals surface area contributed by atoms with Crippen LogP contribution >= 0.6 is 0 Å². The molecule has 2 aliphatic rings. The molecule has 1 spiro atoms. The minimum Gasteiger partial charge on any atom is -0.504 e. The SMILES string of the molecule is COc1cc(CN2CC[C@]3(C2)OCc2ccccc23)ccc1O. The van der Waals surface area contributed by atoms with E-state index in [9.17, 15) is 5.11 Å². The number of likely N-dealkylation sites (tertiary alicyclic amines) is 1. The van der Waals surface area contributed by atoms with Crippen molar-refractivity contribution in [2.24, 2.45) is 0 Å². The number of phenolic OH excluding ortho intramolecular Hbond substituents is 1. The van der Waals surface area contributed by atoms with Gasteiger partial charge in [0.15, 0.2) is 11.5 Å². The molecular formula is C19H21NO3. The second-order valence-electron chi connectivity index (χ2n) is 6.41. The number of fused-ring (bicyclic) bond motifs is 2. The maximum absolute atomic E-state index is 9.71. The van der Waals surface area contributed by atoms with Crippen LogP contribution in [0.2, 0.25) is 0 Å². The van der Waals surface area contributed by atoms with Crippen molar-refractivity contribution >= 4 is 0 Å². The first-order valence-corrected chi connectivity index (χ1v) is 8.01. The number of hydrogen-bond acceptors (Lipinski definition) is 4. The lowest BCUT2D eigenvalue weighted by Gasteiger charge is -2.25. The van der Waals surface area contributed by atoms with Gasteiger partial charge >= 0.3 is 0 Å². The second-order valence-corrected chi connectivity index (χ2v) is 6.41.